The molecule has 3 aromatic rings. The number of H-pyrrole nitrogens is 1. The number of hydrogen-bond acceptors (Lipinski definition) is 4. The van der Waals surface area contributed by atoms with Gasteiger partial charge in [0.05, 0.1) is 25.4 Å². The lowest BCUT2D eigenvalue weighted by molar-refractivity contribution is -0.116. The molecule has 0 fully saturated rings. The zero-order chi connectivity index (χ0) is 17.4. The van der Waals surface area contributed by atoms with Crippen molar-refractivity contribution in [2.24, 2.45) is 0 Å². The highest BCUT2D eigenvalue weighted by molar-refractivity contribution is 6.00. The zero-order valence-electron chi connectivity index (χ0n) is 14.1. The lowest BCUT2D eigenvalue weighted by Gasteiger charge is -2.27. The molecule has 6 heteroatoms. The van der Waals surface area contributed by atoms with E-state index in [1.165, 1.54) is 0 Å². The van der Waals surface area contributed by atoms with Gasteiger partial charge in [-0.1, -0.05) is 6.07 Å². The van der Waals surface area contributed by atoms with Gasteiger partial charge in [-0.05, 0) is 29.8 Å². The van der Waals surface area contributed by atoms with E-state index in [1.54, 1.807) is 20.4 Å². The van der Waals surface area contributed by atoms with Crippen molar-refractivity contribution in [1.29, 1.82) is 0 Å². The Morgan fingerprint density at radius 1 is 1.24 bits per heavy atom. The smallest absolute Gasteiger partial charge is 0.225 e. The molecule has 0 radical (unpaired) electrons. The highest BCUT2D eigenvalue weighted by Gasteiger charge is 2.29. The molecule has 0 bridgehead atoms. The first-order valence-corrected chi connectivity index (χ1v) is 8.13. The molecule has 2 heterocycles. The second-order valence-corrected chi connectivity index (χ2v) is 6.17. The van der Waals surface area contributed by atoms with E-state index in [2.05, 4.69) is 21.6 Å². The van der Waals surface area contributed by atoms with Gasteiger partial charge in [0.25, 0.3) is 0 Å². The maximum absolute atomic E-state index is 12.2. The summed E-state index contributed by atoms with van der Waals surface area (Å²) >= 11 is 0. The highest BCUT2D eigenvalue weighted by atomic mass is 16.5. The number of ether oxygens (including phenoxy) is 2. The van der Waals surface area contributed by atoms with Crippen LogP contribution in [0.4, 0.5) is 5.69 Å². The van der Waals surface area contributed by atoms with E-state index in [-0.39, 0.29) is 11.8 Å². The number of amides is 1. The number of hydrogen-bond donors (Lipinski definition) is 2. The van der Waals surface area contributed by atoms with E-state index in [1.807, 2.05) is 24.3 Å². The van der Waals surface area contributed by atoms with Crippen molar-refractivity contribution in [3.05, 3.63) is 53.2 Å². The van der Waals surface area contributed by atoms with E-state index in [0.717, 1.165) is 39.0 Å². The number of rotatable bonds is 4. The molecule has 1 amide bonds. The fourth-order valence-corrected chi connectivity index (χ4v) is 3.56. The summed E-state index contributed by atoms with van der Waals surface area (Å²) in [6.07, 6.45) is 2.19. The summed E-state index contributed by atoms with van der Waals surface area (Å²) in [6, 6.07) is 9.91. The van der Waals surface area contributed by atoms with Crippen molar-refractivity contribution in [3.8, 4) is 5.75 Å². The van der Waals surface area contributed by atoms with E-state index < -0.39 is 0 Å². The predicted octanol–water partition coefficient (Wildman–Crippen LogP) is 3.19. The molecule has 6 nitrogen and oxygen atoms in total. The van der Waals surface area contributed by atoms with Crippen LogP contribution in [0.5, 0.6) is 5.75 Å². The predicted molar refractivity (Wildman–Crippen MR) is 94.9 cm³/mol. The standard InChI is InChI=1S/C19H19N3O3/c1-24-10-13-7-11(4-6-16(13)25-2)14-8-17(23)21-15-5-3-12-9-20-22-19(12)18(14)15/h3-7,9,14H,8,10H2,1-2H3,(H,20,22)(H,21,23). The van der Waals surface area contributed by atoms with Gasteiger partial charge in [0.15, 0.2) is 0 Å². The summed E-state index contributed by atoms with van der Waals surface area (Å²) in [7, 11) is 3.30. The van der Waals surface area contributed by atoms with Gasteiger partial charge in [0.2, 0.25) is 5.91 Å². The van der Waals surface area contributed by atoms with E-state index in [0.29, 0.717) is 13.0 Å². The third kappa shape index (κ3) is 2.64. The quantitative estimate of drug-likeness (QED) is 0.766. The molecular formula is C19H19N3O3. The molecule has 128 valence electrons. The summed E-state index contributed by atoms with van der Waals surface area (Å²) in [5.74, 6) is 0.751. The van der Waals surface area contributed by atoms with E-state index in [4.69, 9.17) is 9.47 Å². The SMILES string of the molecule is COCc1cc(C2CC(=O)Nc3ccc4cn[nH]c4c32)ccc1OC. The molecule has 25 heavy (non-hydrogen) atoms. The number of fused-ring (bicyclic) bond motifs is 3. The third-order valence-corrected chi connectivity index (χ3v) is 4.68. The number of methoxy groups -OCH3 is 2. The van der Waals surface area contributed by atoms with Crippen LogP contribution < -0.4 is 10.1 Å². The number of benzene rings is 2. The maximum atomic E-state index is 12.2. The Hall–Kier alpha value is -2.86. The fraction of sp³-hybridized carbons (Fsp3) is 0.263. The van der Waals surface area contributed by atoms with Gasteiger partial charge < -0.3 is 14.8 Å². The zero-order valence-corrected chi connectivity index (χ0v) is 14.1. The van der Waals surface area contributed by atoms with Crippen LogP contribution >= 0.6 is 0 Å². The van der Waals surface area contributed by atoms with Gasteiger partial charge in [0.1, 0.15) is 5.75 Å². The second-order valence-electron chi connectivity index (χ2n) is 6.17. The average Bonchev–Trinajstić information content (AvgIpc) is 3.10. The molecule has 0 aliphatic carbocycles. The Labute approximate surface area is 145 Å². The number of carbonyl (C=O) groups is 1. The first kappa shape index (κ1) is 15.7. The van der Waals surface area contributed by atoms with Gasteiger partial charge in [-0.2, -0.15) is 5.10 Å². The lowest BCUT2D eigenvalue weighted by atomic mass is 9.83. The van der Waals surface area contributed by atoms with Gasteiger partial charge in [-0.3, -0.25) is 9.89 Å². The summed E-state index contributed by atoms with van der Waals surface area (Å²) in [6.45, 7) is 0.455. The topological polar surface area (TPSA) is 76.2 Å². The first-order valence-electron chi connectivity index (χ1n) is 8.13. The Kier molecular flexibility index (Phi) is 3.89. The van der Waals surface area contributed by atoms with Crippen LogP contribution in [0.15, 0.2) is 36.5 Å². The fourth-order valence-electron chi connectivity index (χ4n) is 3.56. The highest BCUT2D eigenvalue weighted by Crippen LogP contribution is 2.41. The number of carbonyl (C=O) groups excluding carboxylic acids is 1. The number of aromatic nitrogens is 2. The van der Waals surface area contributed by atoms with Crippen LogP contribution in [0.3, 0.4) is 0 Å². The summed E-state index contributed by atoms with van der Waals surface area (Å²) in [4.78, 5) is 12.2. The van der Waals surface area contributed by atoms with Crippen LogP contribution in [0.2, 0.25) is 0 Å². The summed E-state index contributed by atoms with van der Waals surface area (Å²) < 4.78 is 10.7. The minimum atomic E-state index is -0.0468. The van der Waals surface area contributed by atoms with Crippen molar-refractivity contribution >= 4 is 22.5 Å². The first-order chi connectivity index (χ1) is 12.2. The Balaban J connectivity index is 1.88. The minimum absolute atomic E-state index is 0.0143. The van der Waals surface area contributed by atoms with Gasteiger partial charge >= 0.3 is 0 Å². The summed E-state index contributed by atoms with van der Waals surface area (Å²) in [5.41, 5.74) is 4.90. The third-order valence-electron chi connectivity index (χ3n) is 4.68. The molecule has 2 N–H and O–H groups in total. The minimum Gasteiger partial charge on any atom is -0.496 e. The monoisotopic (exact) mass is 337 g/mol. The maximum Gasteiger partial charge on any atom is 0.225 e. The van der Waals surface area contributed by atoms with Crippen molar-refractivity contribution in [3.63, 3.8) is 0 Å². The molecule has 2 aromatic carbocycles. The number of nitrogens with one attached hydrogen (secondary N) is 2. The molecule has 1 aliphatic heterocycles. The molecule has 0 saturated carbocycles. The van der Waals surface area contributed by atoms with Crippen LogP contribution in [-0.2, 0) is 16.1 Å². The van der Waals surface area contributed by atoms with E-state index in [9.17, 15) is 4.79 Å². The Bertz CT molecular complexity index is 948. The number of anilines is 1. The van der Waals surface area contributed by atoms with Crippen LogP contribution in [-0.4, -0.2) is 30.3 Å². The van der Waals surface area contributed by atoms with Gasteiger partial charge in [0, 0.05) is 41.6 Å². The van der Waals surface area contributed by atoms with Crippen molar-refractivity contribution < 1.29 is 14.3 Å². The molecule has 1 aliphatic rings. The van der Waals surface area contributed by atoms with Crippen molar-refractivity contribution in [2.75, 3.05) is 19.5 Å². The number of nitrogens with zero attached hydrogens (tertiary/aromatic N) is 1. The van der Waals surface area contributed by atoms with Crippen molar-refractivity contribution in [1.82, 2.24) is 10.2 Å². The Morgan fingerprint density at radius 3 is 2.92 bits per heavy atom. The molecular weight excluding hydrogens is 318 g/mol. The molecule has 1 atom stereocenters. The largest absolute Gasteiger partial charge is 0.496 e. The average molecular weight is 337 g/mol. The molecule has 1 unspecified atom stereocenters. The second kappa shape index (κ2) is 6.22. The van der Waals surface area contributed by atoms with Crippen molar-refractivity contribution in [2.45, 2.75) is 18.9 Å². The molecule has 0 spiro atoms. The van der Waals surface area contributed by atoms with Crippen LogP contribution in [0.25, 0.3) is 10.9 Å². The number of aromatic amines is 1. The van der Waals surface area contributed by atoms with Gasteiger partial charge in [-0.25, -0.2) is 0 Å². The molecule has 1 aromatic heterocycles. The van der Waals surface area contributed by atoms with E-state index >= 15 is 0 Å². The summed E-state index contributed by atoms with van der Waals surface area (Å²) in [5, 5.41) is 11.2. The Morgan fingerprint density at radius 2 is 2.12 bits per heavy atom. The van der Waals surface area contributed by atoms with Gasteiger partial charge in [-0.15, -0.1) is 0 Å². The van der Waals surface area contributed by atoms with Crippen LogP contribution in [0.1, 0.15) is 29.0 Å². The molecule has 4 rings (SSSR count). The normalized spacial score (nSPS) is 16.6. The lowest BCUT2D eigenvalue weighted by Crippen LogP contribution is -2.24. The molecule has 0 saturated heterocycles. The van der Waals surface area contributed by atoms with Crippen LogP contribution in [0, 0.1) is 0 Å².